The van der Waals surface area contributed by atoms with Gasteiger partial charge < -0.3 is 15.0 Å². The number of hydrogen-bond acceptors (Lipinski definition) is 5. The fraction of sp³-hybridized carbons (Fsp3) is 0.360. The second kappa shape index (κ2) is 11.6. The molecule has 0 radical (unpaired) electrons. The van der Waals surface area contributed by atoms with Crippen molar-refractivity contribution in [1.82, 2.24) is 15.5 Å². The number of nitrogens with one attached hydrogen (secondary N) is 2. The summed E-state index contributed by atoms with van der Waals surface area (Å²) in [6, 6.07) is 16.2. The number of rotatable bonds is 7. The third-order valence-electron chi connectivity index (χ3n) is 5.51. The fourth-order valence-electron chi connectivity index (χ4n) is 3.57. The maximum Gasteiger partial charge on any atom is 0.308 e. The van der Waals surface area contributed by atoms with E-state index in [1.807, 2.05) is 42.5 Å². The molecule has 8 heteroatoms. The van der Waals surface area contributed by atoms with E-state index in [1.54, 1.807) is 17.0 Å². The first-order chi connectivity index (χ1) is 15.8. The van der Waals surface area contributed by atoms with Crippen LogP contribution >= 0.6 is 12.2 Å². The minimum atomic E-state index is -0.834. The van der Waals surface area contributed by atoms with E-state index in [0.29, 0.717) is 31.0 Å². The summed E-state index contributed by atoms with van der Waals surface area (Å²) in [5.74, 6) is -0.802. The summed E-state index contributed by atoms with van der Waals surface area (Å²) in [6.07, 6.45) is 0.441. The lowest BCUT2D eigenvalue weighted by molar-refractivity contribution is -0.147. The summed E-state index contributed by atoms with van der Waals surface area (Å²) in [6.45, 7) is 5.15. The van der Waals surface area contributed by atoms with Crippen molar-refractivity contribution >= 4 is 35.1 Å². The number of carbonyl (C=O) groups excluding carboxylic acids is 3. The molecule has 33 heavy (non-hydrogen) atoms. The predicted octanol–water partition coefficient (Wildman–Crippen LogP) is 2.80. The smallest absolute Gasteiger partial charge is 0.308 e. The van der Waals surface area contributed by atoms with Crippen LogP contribution in [0.25, 0.3) is 0 Å². The Morgan fingerprint density at radius 3 is 2.52 bits per heavy atom. The first-order valence-corrected chi connectivity index (χ1v) is 11.4. The molecular weight excluding hydrogens is 438 g/mol. The first kappa shape index (κ1) is 24.4. The molecule has 1 aliphatic rings. The number of hydrogen-bond donors (Lipinski definition) is 2. The van der Waals surface area contributed by atoms with Crippen LogP contribution in [0.4, 0.5) is 0 Å². The second-order valence-corrected chi connectivity index (χ2v) is 8.58. The van der Waals surface area contributed by atoms with Gasteiger partial charge in [0.25, 0.3) is 5.91 Å². The molecule has 2 amide bonds. The summed E-state index contributed by atoms with van der Waals surface area (Å²) in [7, 11) is 0. The van der Waals surface area contributed by atoms with E-state index in [0.717, 1.165) is 11.1 Å². The van der Waals surface area contributed by atoms with Crippen LogP contribution < -0.4 is 10.6 Å². The molecule has 2 N–H and O–H groups in total. The number of piperazine rings is 1. The number of thiocarbonyl (C=S) groups is 1. The Morgan fingerprint density at radius 2 is 1.85 bits per heavy atom. The van der Waals surface area contributed by atoms with E-state index < -0.39 is 12.0 Å². The van der Waals surface area contributed by atoms with Gasteiger partial charge in [-0.1, -0.05) is 56.3 Å². The van der Waals surface area contributed by atoms with Crippen LogP contribution in [0.15, 0.2) is 54.6 Å². The number of nitrogens with zero attached hydrogens (tertiary/aromatic N) is 1. The molecule has 1 atom stereocenters. The molecule has 174 valence electrons. The number of amides is 2. The summed E-state index contributed by atoms with van der Waals surface area (Å²) in [5.41, 5.74) is 2.67. The number of esters is 1. The molecule has 0 saturated carbocycles. The van der Waals surface area contributed by atoms with Crippen LogP contribution in [0, 0.1) is 0 Å². The van der Waals surface area contributed by atoms with Crippen molar-refractivity contribution < 1.29 is 19.1 Å². The van der Waals surface area contributed by atoms with Gasteiger partial charge in [-0.05, 0) is 41.4 Å². The molecule has 0 spiro atoms. The molecule has 0 bridgehead atoms. The molecule has 1 unspecified atom stereocenters. The molecule has 1 fully saturated rings. The maximum atomic E-state index is 12.6. The van der Waals surface area contributed by atoms with Gasteiger partial charge in [-0.25, -0.2) is 0 Å². The van der Waals surface area contributed by atoms with Gasteiger partial charge in [0.2, 0.25) is 5.91 Å². The van der Waals surface area contributed by atoms with E-state index in [-0.39, 0.29) is 30.0 Å². The molecule has 7 nitrogen and oxygen atoms in total. The molecule has 2 aromatic carbocycles. The summed E-state index contributed by atoms with van der Waals surface area (Å²) >= 11 is 5.41. The van der Waals surface area contributed by atoms with Gasteiger partial charge in [0.05, 0.1) is 13.0 Å². The van der Waals surface area contributed by atoms with Crippen molar-refractivity contribution in [3.8, 4) is 0 Å². The van der Waals surface area contributed by atoms with Gasteiger partial charge in [0.15, 0.2) is 5.11 Å². The SMILES string of the molecule is CC(C)c1ccc(C(=O)NC(=S)N2CCNC(=O)C2CC(=O)OCCc2ccccc2)cc1. The average Bonchev–Trinajstić information content (AvgIpc) is 2.81. The Kier molecular flexibility index (Phi) is 8.54. The van der Waals surface area contributed by atoms with E-state index in [1.165, 1.54) is 0 Å². The normalized spacial score (nSPS) is 15.7. The minimum absolute atomic E-state index is 0.116. The molecule has 3 rings (SSSR count). The zero-order chi connectivity index (χ0) is 23.8. The second-order valence-electron chi connectivity index (χ2n) is 8.20. The highest BCUT2D eigenvalue weighted by Gasteiger charge is 2.34. The van der Waals surface area contributed by atoms with Crippen LogP contribution in [0.5, 0.6) is 0 Å². The third kappa shape index (κ3) is 6.86. The highest BCUT2D eigenvalue weighted by atomic mass is 32.1. The van der Waals surface area contributed by atoms with Crippen LogP contribution in [-0.2, 0) is 20.7 Å². The highest BCUT2D eigenvalue weighted by Crippen LogP contribution is 2.15. The summed E-state index contributed by atoms with van der Waals surface area (Å²) in [5, 5.41) is 5.55. The zero-order valence-electron chi connectivity index (χ0n) is 18.9. The lowest BCUT2D eigenvalue weighted by Gasteiger charge is -2.36. The number of carbonyl (C=O) groups is 3. The predicted molar refractivity (Wildman–Crippen MR) is 130 cm³/mol. The van der Waals surface area contributed by atoms with E-state index in [4.69, 9.17) is 17.0 Å². The number of benzene rings is 2. The van der Waals surface area contributed by atoms with Gasteiger partial charge in [-0.15, -0.1) is 0 Å². The Morgan fingerprint density at radius 1 is 1.15 bits per heavy atom. The van der Waals surface area contributed by atoms with Crippen molar-refractivity contribution in [2.75, 3.05) is 19.7 Å². The lowest BCUT2D eigenvalue weighted by Crippen LogP contribution is -2.60. The fourth-order valence-corrected chi connectivity index (χ4v) is 3.88. The van der Waals surface area contributed by atoms with Crippen LogP contribution in [0.2, 0.25) is 0 Å². The van der Waals surface area contributed by atoms with E-state index in [2.05, 4.69) is 24.5 Å². The van der Waals surface area contributed by atoms with E-state index in [9.17, 15) is 14.4 Å². The molecular formula is C25H29N3O4S. The van der Waals surface area contributed by atoms with Gasteiger partial charge in [0.1, 0.15) is 6.04 Å². The van der Waals surface area contributed by atoms with Crippen LogP contribution in [-0.4, -0.2) is 53.5 Å². The topological polar surface area (TPSA) is 87.7 Å². The molecule has 1 saturated heterocycles. The highest BCUT2D eigenvalue weighted by molar-refractivity contribution is 7.80. The molecule has 0 aromatic heterocycles. The van der Waals surface area contributed by atoms with E-state index >= 15 is 0 Å². The summed E-state index contributed by atoms with van der Waals surface area (Å²) in [4.78, 5) is 39.1. The zero-order valence-corrected chi connectivity index (χ0v) is 19.7. The molecule has 0 aliphatic carbocycles. The third-order valence-corrected chi connectivity index (χ3v) is 5.84. The quantitative estimate of drug-likeness (QED) is 0.481. The summed E-state index contributed by atoms with van der Waals surface area (Å²) < 4.78 is 5.33. The average molecular weight is 468 g/mol. The van der Waals surface area contributed by atoms with Crippen molar-refractivity contribution in [1.29, 1.82) is 0 Å². The standard InChI is InChI=1S/C25H29N3O4S/c1-17(2)19-8-10-20(11-9-19)23(30)27-25(33)28-14-13-26-24(31)21(28)16-22(29)32-15-12-18-6-4-3-5-7-18/h3-11,17,21H,12-16H2,1-2H3,(H,26,31)(H,27,30,33). The maximum absolute atomic E-state index is 12.6. The van der Waals surface area contributed by atoms with Crippen molar-refractivity contribution in [2.45, 2.75) is 38.6 Å². The van der Waals surface area contributed by atoms with Crippen LogP contribution in [0.1, 0.15) is 47.7 Å². The Hall–Kier alpha value is -3.26. The van der Waals surface area contributed by atoms with Crippen molar-refractivity contribution in [2.24, 2.45) is 0 Å². The van der Waals surface area contributed by atoms with Crippen LogP contribution in [0.3, 0.4) is 0 Å². The Bertz CT molecular complexity index is 992. The van der Waals surface area contributed by atoms with Gasteiger partial charge in [0, 0.05) is 25.1 Å². The Labute approximate surface area is 199 Å². The number of ether oxygens (including phenoxy) is 1. The molecule has 1 heterocycles. The molecule has 1 aliphatic heterocycles. The lowest BCUT2D eigenvalue weighted by atomic mass is 10.0. The van der Waals surface area contributed by atoms with Crippen molar-refractivity contribution in [3.63, 3.8) is 0 Å². The first-order valence-electron chi connectivity index (χ1n) is 11.0. The van der Waals surface area contributed by atoms with Gasteiger partial charge in [-0.3, -0.25) is 19.7 Å². The largest absolute Gasteiger partial charge is 0.465 e. The van der Waals surface area contributed by atoms with Gasteiger partial charge >= 0.3 is 5.97 Å². The monoisotopic (exact) mass is 467 g/mol. The molecule has 2 aromatic rings. The minimum Gasteiger partial charge on any atom is -0.465 e. The van der Waals surface area contributed by atoms with Crippen molar-refractivity contribution in [3.05, 3.63) is 71.3 Å². The van der Waals surface area contributed by atoms with Gasteiger partial charge in [-0.2, -0.15) is 0 Å². The Balaban J connectivity index is 1.56.